The molecule has 1 aliphatic carbocycles. The molecular formula is C30H33FN6O2. The van der Waals surface area contributed by atoms with Crippen molar-refractivity contribution < 1.29 is 9.13 Å². The molecule has 0 bridgehead atoms. The van der Waals surface area contributed by atoms with Gasteiger partial charge in [-0.05, 0) is 80.8 Å². The number of hydrogen-bond acceptors (Lipinski definition) is 7. The Kier molecular flexibility index (Phi) is 7.81. The largest absolute Gasteiger partial charge is 0.381 e. The molecular weight excluding hydrogens is 495 g/mol. The van der Waals surface area contributed by atoms with Gasteiger partial charge in [0, 0.05) is 45.0 Å². The maximum absolute atomic E-state index is 13.7. The van der Waals surface area contributed by atoms with E-state index in [0.717, 1.165) is 64.0 Å². The second-order valence-electron chi connectivity index (χ2n) is 10.7. The molecule has 202 valence electrons. The van der Waals surface area contributed by atoms with E-state index in [2.05, 4.69) is 22.0 Å². The zero-order valence-corrected chi connectivity index (χ0v) is 22.4. The third-order valence-corrected chi connectivity index (χ3v) is 8.32. The minimum atomic E-state index is -0.371. The summed E-state index contributed by atoms with van der Waals surface area (Å²) in [6, 6.07) is 14.6. The van der Waals surface area contributed by atoms with Crippen molar-refractivity contribution in [1.82, 2.24) is 9.55 Å². The standard InChI is InChI=1S/C30H33FN6O2/c1-35(29-26(17-33)30(38)36(2)27-14-7-22(16-32)34-28(27)29)23-10-12-25(13-11-23)37(18-20-4-3-15-39-19-20)24-8-5-21(31)6-9-24/h5-9,14,20,23,25H,3-4,10-13,15,18-19H2,1-2H3/t20-,23-,25+/m1/s1. The molecule has 1 saturated heterocycles. The van der Waals surface area contributed by atoms with Gasteiger partial charge in [-0.2, -0.15) is 10.5 Å². The highest BCUT2D eigenvalue weighted by atomic mass is 19.1. The number of benzene rings is 1. The molecule has 0 amide bonds. The van der Waals surface area contributed by atoms with E-state index in [1.54, 1.807) is 19.2 Å². The predicted molar refractivity (Wildman–Crippen MR) is 148 cm³/mol. The Labute approximate surface area is 227 Å². The zero-order valence-electron chi connectivity index (χ0n) is 22.4. The van der Waals surface area contributed by atoms with Crippen molar-refractivity contribution in [2.45, 2.75) is 50.6 Å². The molecule has 1 saturated carbocycles. The van der Waals surface area contributed by atoms with Gasteiger partial charge >= 0.3 is 0 Å². The van der Waals surface area contributed by atoms with Crippen LogP contribution in [-0.4, -0.2) is 48.4 Å². The van der Waals surface area contributed by atoms with Gasteiger partial charge in [0.05, 0.1) is 17.8 Å². The number of pyridine rings is 2. The quantitative estimate of drug-likeness (QED) is 0.465. The summed E-state index contributed by atoms with van der Waals surface area (Å²) < 4.78 is 20.9. The lowest BCUT2D eigenvalue weighted by molar-refractivity contribution is 0.0562. The second-order valence-corrected chi connectivity index (χ2v) is 10.7. The second kappa shape index (κ2) is 11.4. The molecule has 2 aliphatic rings. The fraction of sp³-hybridized carbons (Fsp3) is 0.467. The lowest BCUT2D eigenvalue weighted by atomic mass is 9.87. The Morgan fingerprint density at radius 3 is 2.41 bits per heavy atom. The molecule has 8 nitrogen and oxygen atoms in total. The summed E-state index contributed by atoms with van der Waals surface area (Å²) in [5.74, 6) is 0.197. The Bertz CT molecular complexity index is 1480. The molecule has 5 rings (SSSR count). The first-order valence-electron chi connectivity index (χ1n) is 13.6. The minimum absolute atomic E-state index is 0.0439. The number of rotatable bonds is 6. The summed E-state index contributed by atoms with van der Waals surface area (Å²) in [4.78, 5) is 22.0. The third-order valence-electron chi connectivity index (χ3n) is 8.32. The van der Waals surface area contributed by atoms with E-state index in [9.17, 15) is 19.7 Å². The summed E-state index contributed by atoms with van der Waals surface area (Å²) in [5, 5.41) is 19.4. The van der Waals surface area contributed by atoms with Crippen LogP contribution in [0.1, 0.15) is 49.8 Å². The molecule has 2 fully saturated rings. The maximum atomic E-state index is 13.7. The third kappa shape index (κ3) is 5.32. The molecule has 0 N–H and O–H groups in total. The van der Waals surface area contributed by atoms with E-state index in [-0.39, 0.29) is 28.7 Å². The molecule has 2 aromatic heterocycles. The van der Waals surface area contributed by atoms with Gasteiger partial charge in [0.25, 0.3) is 5.56 Å². The molecule has 3 heterocycles. The fourth-order valence-electron chi connectivity index (χ4n) is 6.17. The van der Waals surface area contributed by atoms with Crippen molar-refractivity contribution in [3.05, 3.63) is 63.8 Å². The normalized spacial score (nSPS) is 21.2. The monoisotopic (exact) mass is 528 g/mol. The van der Waals surface area contributed by atoms with Crippen LogP contribution in [-0.2, 0) is 11.8 Å². The summed E-state index contributed by atoms with van der Waals surface area (Å²) in [7, 11) is 3.54. The van der Waals surface area contributed by atoms with Crippen molar-refractivity contribution in [1.29, 1.82) is 10.5 Å². The van der Waals surface area contributed by atoms with Crippen LogP contribution in [0.25, 0.3) is 11.0 Å². The van der Waals surface area contributed by atoms with Crippen molar-refractivity contribution in [2.24, 2.45) is 13.0 Å². The van der Waals surface area contributed by atoms with Gasteiger partial charge in [-0.1, -0.05) is 0 Å². The molecule has 1 aliphatic heterocycles. The zero-order chi connectivity index (χ0) is 27.5. The molecule has 9 heteroatoms. The minimum Gasteiger partial charge on any atom is -0.381 e. The van der Waals surface area contributed by atoms with Crippen LogP contribution < -0.4 is 15.4 Å². The number of nitrogens with zero attached hydrogens (tertiary/aromatic N) is 6. The van der Waals surface area contributed by atoms with Crippen LogP contribution in [0.5, 0.6) is 0 Å². The van der Waals surface area contributed by atoms with E-state index in [0.29, 0.717) is 28.7 Å². The van der Waals surface area contributed by atoms with Gasteiger partial charge in [0.15, 0.2) is 0 Å². The highest BCUT2D eigenvalue weighted by Gasteiger charge is 2.32. The molecule has 3 aromatic rings. The number of fused-ring (bicyclic) bond motifs is 1. The van der Waals surface area contributed by atoms with Gasteiger partial charge in [-0.3, -0.25) is 4.79 Å². The number of nitriles is 2. The Morgan fingerprint density at radius 1 is 1.05 bits per heavy atom. The van der Waals surface area contributed by atoms with Crippen LogP contribution in [0.2, 0.25) is 0 Å². The molecule has 0 spiro atoms. The summed E-state index contributed by atoms with van der Waals surface area (Å²) in [6.45, 7) is 2.44. The van der Waals surface area contributed by atoms with Gasteiger partial charge in [-0.15, -0.1) is 0 Å². The van der Waals surface area contributed by atoms with Gasteiger partial charge < -0.3 is 19.1 Å². The average molecular weight is 529 g/mol. The SMILES string of the molecule is Cn1c(=O)c(C#N)c(N(C)[C@H]2CC[C@@H](N(C[C@H]3CCCOC3)c3ccc(F)cc3)CC2)c2nc(C#N)ccc21. The van der Waals surface area contributed by atoms with E-state index >= 15 is 0 Å². The van der Waals surface area contributed by atoms with E-state index < -0.39 is 0 Å². The predicted octanol–water partition coefficient (Wildman–Crippen LogP) is 4.50. The van der Waals surface area contributed by atoms with Crippen molar-refractivity contribution in [3.63, 3.8) is 0 Å². The Hall–Kier alpha value is -3.95. The Balaban J connectivity index is 1.41. The van der Waals surface area contributed by atoms with E-state index in [1.165, 1.54) is 16.7 Å². The summed E-state index contributed by atoms with van der Waals surface area (Å²) in [5.41, 5.74) is 2.51. The lowest BCUT2D eigenvalue weighted by Gasteiger charge is -2.43. The first-order chi connectivity index (χ1) is 18.9. The number of aryl methyl sites for hydroxylation is 1. The fourth-order valence-corrected chi connectivity index (χ4v) is 6.17. The van der Waals surface area contributed by atoms with E-state index in [4.69, 9.17) is 4.74 Å². The smallest absolute Gasteiger partial charge is 0.270 e. The summed E-state index contributed by atoms with van der Waals surface area (Å²) in [6.07, 6.45) is 5.75. The Morgan fingerprint density at radius 2 is 1.77 bits per heavy atom. The highest BCUT2D eigenvalue weighted by Crippen LogP contribution is 2.35. The number of hydrogen-bond donors (Lipinski definition) is 0. The first-order valence-corrected chi connectivity index (χ1v) is 13.6. The van der Waals surface area contributed by atoms with Crippen LogP contribution in [0.3, 0.4) is 0 Å². The van der Waals surface area contributed by atoms with Gasteiger partial charge in [0.2, 0.25) is 0 Å². The first kappa shape index (κ1) is 26.6. The number of anilines is 2. The number of ether oxygens (including phenoxy) is 1. The van der Waals surface area contributed by atoms with Crippen molar-refractivity contribution >= 4 is 22.4 Å². The lowest BCUT2D eigenvalue weighted by Crippen LogP contribution is -2.46. The van der Waals surface area contributed by atoms with Crippen LogP contribution >= 0.6 is 0 Å². The van der Waals surface area contributed by atoms with Crippen LogP contribution in [0.15, 0.2) is 41.2 Å². The molecule has 39 heavy (non-hydrogen) atoms. The van der Waals surface area contributed by atoms with Gasteiger partial charge in [-0.25, -0.2) is 9.37 Å². The summed E-state index contributed by atoms with van der Waals surface area (Å²) >= 11 is 0. The highest BCUT2D eigenvalue weighted by molar-refractivity contribution is 5.92. The molecule has 1 aromatic carbocycles. The number of halogens is 1. The molecule has 0 radical (unpaired) electrons. The van der Waals surface area contributed by atoms with Gasteiger partial charge in [0.1, 0.15) is 34.7 Å². The van der Waals surface area contributed by atoms with Crippen molar-refractivity contribution in [2.75, 3.05) is 36.6 Å². The topological polar surface area (TPSA) is 98.2 Å². The average Bonchev–Trinajstić information content (AvgIpc) is 2.98. The van der Waals surface area contributed by atoms with Crippen LogP contribution in [0, 0.1) is 34.4 Å². The van der Waals surface area contributed by atoms with Crippen LogP contribution in [0.4, 0.5) is 15.8 Å². The van der Waals surface area contributed by atoms with Crippen molar-refractivity contribution in [3.8, 4) is 12.1 Å². The number of aromatic nitrogens is 2. The van der Waals surface area contributed by atoms with E-state index in [1.807, 2.05) is 24.1 Å². The maximum Gasteiger partial charge on any atom is 0.270 e. The molecule has 1 atom stereocenters. The molecule has 0 unspecified atom stereocenters.